The lowest BCUT2D eigenvalue weighted by atomic mass is 10.0. The molecular weight excluding hydrogens is 200 g/mol. The van der Waals surface area contributed by atoms with Gasteiger partial charge in [0.15, 0.2) is 5.78 Å². The Morgan fingerprint density at radius 3 is 2.38 bits per heavy atom. The van der Waals surface area contributed by atoms with Gasteiger partial charge in [-0.15, -0.1) is 0 Å². The van der Waals surface area contributed by atoms with E-state index in [1.54, 1.807) is 0 Å². The summed E-state index contributed by atoms with van der Waals surface area (Å²) in [5, 5.41) is 0. The van der Waals surface area contributed by atoms with Crippen LogP contribution in [0.3, 0.4) is 0 Å². The standard InChI is InChI=1S/C14H20O2/c1-4-5-16-10-14(15)9-13-7-11(2)6-12(3)8-13/h6-8H,4-5,9-10H2,1-3H3. The van der Waals surface area contributed by atoms with E-state index in [2.05, 4.69) is 32.0 Å². The number of carbonyl (C=O) groups excluding carboxylic acids is 1. The van der Waals surface area contributed by atoms with Crippen LogP contribution in [-0.4, -0.2) is 19.0 Å². The second kappa shape index (κ2) is 6.44. The largest absolute Gasteiger partial charge is 0.374 e. The fourth-order valence-electron chi connectivity index (χ4n) is 1.78. The summed E-state index contributed by atoms with van der Waals surface area (Å²) < 4.78 is 5.23. The van der Waals surface area contributed by atoms with Crippen molar-refractivity contribution in [2.45, 2.75) is 33.6 Å². The van der Waals surface area contributed by atoms with Crippen LogP contribution in [0, 0.1) is 13.8 Å². The molecule has 16 heavy (non-hydrogen) atoms. The highest BCUT2D eigenvalue weighted by Crippen LogP contribution is 2.09. The van der Waals surface area contributed by atoms with Gasteiger partial charge in [-0.1, -0.05) is 36.2 Å². The Morgan fingerprint density at radius 2 is 1.81 bits per heavy atom. The quantitative estimate of drug-likeness (QED) is 0.689. The smallest absolute Gasteiger partial charge is 0.162 e. The molecule has 1 aromatic rings. The van der Waals surface area contributed by atoms with Crippen molar-refractivity contribution < 1.29 is 9.53 Å². The van der Waals surface area contributed by atoms with E-state index in [1.807, 2.05) is 6.92 Å². The van der Waals surface area contributed by atoms with Crippen LogP contribution in [0.15, 0.2) is 18.2 Å². The number of Topliss-reactive ketones (excluding diaryl/α,β-unsaturated/α-hetero) is 1. The number of benzene rings is 1. The van der Waals surface area contributed by atoms with Crippen LogP contribution >= 0.6 is 0 Å². The Kier molecular flexibility index (Phi) is 5.20. The Morgan fingerprint density at radius 1 is 1.19 bits per heavy atom. The molecule has 2 heteroatoms. The van der Waals surface area contributed by atoms with Gasteiger partial charge in [-0.2, -0.15) is 0 Å². The number of hydrogen-bond donors (Lipinski definition) is 0. The Balaban J connectivity index is 2.49. The summed E-state index contributed by atoms with van der Waals surface area (Å²) in [5.41, 5.74) is 3.50. The van der Waals surface area contributed by atoms with Crippen molar-refractivity contribution in [1.82, 2.24) is 0 Å². The van der Waals surface area contributed by atoms with Gasteiger partial charge in [0.1, 0.15) is 6.61 Å². The summed E-state index contributed by atoms with van der Waals surface area (Å²) in [7, 11) is 0. The zero-order chi connectivity index (χ0) is 12.0. The molecule has 1 rings (SSSR count). The predicted molar refractivity (Wildman–Crippen MR) is 65.7 cm³/mol. The lowest BCUT2D eigenvalue weighted by Crippen LogP contribution is -2.12. The fraction of sp³-hybridized carbons (Fsp3) is 0.500. The van der Waals surface area contributed by atoms with Crippen LogP contribution in [0.5, 0.6) is 0 Å². The normalized spacial score (nSPS) is 10.4. The maximum absolute atomic E-state index is 11.6. The molecule has 88 valence electrons. The summed E-state index contributed by atoms with van der Waals surface area (Å²) in [4.78, 5) is 11.6. The SMILES string of the molecule is CCCOCC(=O)Cc1cc(C)cc(C)c1. The van der Waals surface area contributed by atoms with Gasteiger partial charge in [0, 0.05) is 13.0 Å². The van der Waals surface area contributed by atoms with Gasteiger partial charge in [-0.25, -0.2) is 0 Å². The lowest BCUT2D eigenvalue weighted by Gasteiger charge is -2.05. The van der Waals surface area contributed by atoms with Crippen molar-refractivity contribution in [2.24, 2.45) is 0 Å². The number of ketones is 1. The molecule has 0 radical (unpaired) electrons. The first kappa shape index (κ1) is 12.9. The topological polar surface area (TPSA) is 26.3 Å². The van der Waals surface area contributed by atoms with E-state index in [0.29, 0.717) is 13.0 Å². The zero-order valence-electron chi connectivity index (χ0n) is 10.4. The average molecular weight is 220 g/mol. The number of aryl methyl sites for hydroxylation is 2. The third-order valence-corrected chi connectivity index (χ3v) is 2.29. The minimum Gasteiger partial charge on any atom is -0.374 e. The van der Waals surface area contributed by atoms with E-state index >= 15 is 0 Å². The fourth-order valence-corrected chi connectivity index (χ4v) is 1.78. The predicted octanol–water partition coefficient (Wildman–Crippen LogP) is 2.84. The Bertz CT molecular complexity index is 336. The molecule has 0 atom stereocenters. The first-order valence-electron chi connectivity index (χ1n) is 5.78. The second-order valence-corrected chi connectivity index (χ2v) is 4.26. The highest BCUT2D eigenvalue weighted by molar-refractivity contribution is 5.82. The summed E-state index contributed by atoms with van der Waals surface area (Å²) >= 11 is 0. The van der Waals surface area contributed by atoms with Crippen molar-refractivity contribution in [3.05, 3.63) is 34.9 Å². The van der Waals surface area contributed by atoms with Gasteiger partial charge in [-0.05, 0) is 25.8 Å². The molecule has 0 amide bonds. The van der Waals surface area contributed by atoms with Gasteiger partial charge in [0.2, 0.25) is 0 Å². The molecule has 0 bridgehead atoms. The summed E-state index contributed by atoms with van der Waals surface area (Å²) in [6.07, 6.45) is 1.43. The second-order valence-electron chi connectivity index (χ2n) is 4.26. The molecule has 0 fully saturated rings. The van der Waals surface area contributed by atoms with Crippen molar-refractivity contribution >= 4 is 5.78 Å². The molecule has 0 heterocycles. The van der Waals surface area contributed by atoms with Crippen LogP contribution in [0.1, 0.15) is 30.0 Å². The van der Waals surface area contributed by atoms with Crippen LogP contribution in [0.25, 0.3) is 0 Å². The van der Waals surface area contributed by atoms with Gasteiger partial charge >= 0.3 is 0 Å². The van der Waals surface area contributed by atoms with Crippen molar-refractivity contribution in [1.29, 1.82) is 0 Å². The van der Waals surface area contributed by atoms with E-state index in [9.17, 15) is 4.79 Å². The molecule has 0 aliphatic rings. The Labute approximate surface area is 97.6 Å². The van der Waals surface area contributed by atoms with Crippen LogP contribution in [-0.2, 0) is 16.0 Å². The molecule has 1 aromatic carbocycles. The number of hydrogen-bond acceptors (Lipinski definition) is 2. The highest BCUT2D eigenvalue weighted by Gasteiger charge is 2.04. The van der Waals surface area contributed by atoms with Gasteiger partial charge in [-0.3, -0.25) is 4.79 Å². The minimum absolute atomic E-state index is 0.151. The van der Waals surface area contributed by atoms with E-state index in [4.69, 9.17) is 4.74 Å². The molecule has 0 N–H and O–H groups in total. The molecule has 0 unspecified atom stereocenters. The van der Waals surface area contributed by atoms with E-state index in [-0.39, 0.29) is 12.4 Å². The van der Waals surface area contributed by atoms with Gasteiger partial charge in [0.05, 0.1) is 0 Å². The third-order valence-electron chi connectivity index (χ3n) is 2.29. The number of carbonyl (C=O) groups is 1. The maximum Gasteiger partial charge on any atom is 0.162 e. The number of rotatable bonds is 6. The monoisotopic (exact) mass is 220 g/mol. The molecule has 2 nitrogen and oxygen atoms in total. The first-order valence-corrected chi connectivity index (χ1v) is 5.78. The third kappa shape index (κ3) is 4.58. The number of ether oxygens (including phenoxy) is 1. The van der Waals surface area contributed by atoms with Crippen molar-refractivity contribution in [3.8, 4) is 0 Å². The van der Waals surface area contributed by atoms with Crippen LogP contribution < -0.4 is 0 Å². The molecule has 0 spiro atoms. The van der Waals surface area contributed by atoms with E-state index < -0.39 is 0 Å². The molecule has 0 saturated heterocycles. The Hall–Kier alpha value is -1.15. The summed E-state index contributed by atoms with van der Waals surface area (Å²) in [5.74, 6) is 0.151. The molecule has 0 aliphatic carbocycles. The van der Waals surface area contributed by atoms with Crippen molar-refractivity contribution in [2.75, 3.05) is 13.2 Å². The molecule has 0 aliphatic heterocycles. The van der Waals surface area contributed by atoms with Crippen molar-refractivity contribution in [3.63, 3.8) is 0 Å². The molecular formula is C14H20O2. The molecule has 0 aromatic heterocycles. The zero-order valence-corrected chi connectivity index (χ0v) is 10.4. The van der Waals surface area contributed by atoms with E-state index in [0.717, 1.165) is 12.0 Å². The highest BCUT2D eigenvalue weighted by atomic mass is 16.5. The lowest BCUT2D eigenvalue weighted by molar-refractivity contribution is -0.122. The van der Waals surface area contributed by atoms with Gasteiger partial charge in [0.25, 0.3) is 0 Å². The summed E-state index contributed by atoms with van der Waals surface area (Å²) in [6.45, 7) is 7.04. The average Bonchev–Trinajstić information content (AvgIpc) is 2.16. The minimum atomic E-state index is 0.151. The molecule has 0 saturated carbocycles. The van der Waals surface area contributed by atoms with Gasteiger partial charge < -0.3 is 4.74 Å². The van der Waals surface area contributed by atoms with E-state index in [1.165, 1.54) is 11.1 Å². The summed E-state index contributed by atoms with van der Waals surface area (Å²) in [6, 6.07) is 6.23. The first-order chi connectivity index (χ1) is 7.61. The maximum atomic E-state index is 11.6. The van der Waals surface area contributed by atoms with Crippen LogP contribution in [0.4, 0.5) is 0 Å². The van der Waals surface area contributed by atoms with Crippen LogP contribution in [0.2, 0.25) is 0 Å².